The quantitative estimate of drug-likeness (QED) is 0.0615. The van der Waals surface area contributed by atoms with E-state index in [1.165, 1.54) is 32.1 Å². The van der Waals surface area contributed by atoms with Crippen LogP contribution in [0.2, 0.25) is 0 Å². The summed E-state index contributed by atoms with van der Waals surface area (Å²) in [7, 11) is 0. The molecule has 1 aliphatic rings. The summed E-state index contributed by atoms with van der Waals surface area (Å²) in [6, 6.07) is 5.94. The van der Waals surface area contributed by atoms with Gasteiger partial charge < -0.3 is 14.7 Å². The highest BCUT2D eigenvalue weighted by Crippen LogP contribution is 2.41. The lowest BCUT2D eigenvalue weighted by Crippen LogP contribution is -2.41. The van der Waals surface area contributed by atoms with E-state index in [1.807, 2.05) is 19.1 Å². The van der Waals surface area contributed by atoms with Crippen molar-refractivity contribution in [3.8, 4) is 0 Å². The van der Waals surface area contributed by atoms with Gasteiger partial charge in [-0.3, -0.25) is 4.99 Å². The molecule has 224 valence electrons. The standard InChI is InChI=1S/C33H52N2O5/c1-6-10-11-12-13-14-15-16-23-39-31(36)27(18-7-2)40-32(37)30(35-38)29-26-20-17-19-25(5)28(26)33(21-8-3,22-9-4)24-34-29/h17,19-20,27,38H,6-16,18,21-24H2,1-5H3. The van der Waals surface area contributed by atoms with Crippen LogP contribution < -0.4 is 0 Å². The summed E-state index contributed by atoms with van der Waals surface area (Å²) in [4.78, 5) is 30.9. The first-order valence-electron chi connectivity index (χ1n) is 15.6. The number of hydrogen-bond donors (Lipinski definition) is 1. The molecule has 1 aromatic carbocycles. The number of hydrogen-bond acceptors (Lipinski definition) is 7. The molecule has 0 aromatic heterocycles. The summed E-state index contributed by atoms with van der Waals surface area (Å²) in [6.45, 7) is 11.4. The van der Waals surface area contributed by atoms with Gasteiger partial charge >= 0.3 is 11.9 Å². The van der Waals surface area contributed by atoms with Gasteiger partial charge in [-0.2, -0.15) is 0 Å². The van der Waals surface area contributed by atoms with Gasteiger partial charge in [0.25, 0.3) is 0 Å². The van der Waals surface area contributed by atoms with Crippen molar-refractivity contribution in [2.75, 3.05) is 13.2 Å². The van der Waals surface area contributed by atoms with Crippen LogP contribution in [-0.4, -0.2) is 47.8 Å². The summed E-state index contributed by atoms with van der Waals surface area (Å²) in [5.41, 5.74) is 3.00. The molecule has 0 aliphatic carbocycles. The third kappa shape index (κ3) is 9.17. The zero-order valence-electron chi connectivity index (χ0n) is 25.6. The van der Waals surface area contributed by atoms with Gasteiger partial charge in [0.1, 0.15) is 5.71 Å². The molecule has 0 radical (unpaired) electrons. The van der Waals surface area contributed by atoms with Crippen molar-refractivity contribution in [3.63, 3.8) is 0 Å². The Morgan fingerprint density at radius 3 is 2.20 bits per heavy atom. The molecular formula is C33H52N2O5. The van der Waals surface area contributed by atoms with Gasteiger partial charge in [0.15, 0.2) is 6.10 Å². The maximum absolute atomic E-state index is 13.3. The highest BCUT2D eigenvalue weighted by Gasteiger charge is 2.40. The fourth-order valence-electron chi connectivity index (χ4n) is 6.01. The molecule has 2 rings (SSSR count). The molecule has 1 unspecified atom stereocenters. The second kappa shape index (κ2) is 17.9. The predicted molar refractivity (Wildman–Crippen MR) is 162 cm³/mol. The Morgan fingerprint density at radius 2 is 1.60 bits per heavy atom. The zero-order chi connectivity index (χ0) is 29.4. The fraction of sp³-hybridized carbons (Fsp3) is 0.697. The number of aryl methyl sites for hydroxylation is 1. The largest absolute Gasteiger partial charge is 0.463 e. The second-order valence-corrected chi connectivity index (χ2v) is 11.2. The third-order valence-corrected chi connectivity index (χ3v) is 7.88. The molecule has 1 aromatic rings. The Balaban J connectivity index is 2.09. The maximum Gasteiger partial charge on any atom is 0.363 e. The van der Waals surface area contributed by atoms with E-state index in [2.05, 4.69) is 38.9 Å². The third-order valence-electron chi connectivity index (χ3n) is 7.88. The van der Waals surface area contributed by atoms with E-state index < -0.39 is 18.0 Å². The number of ether oxygens (including phenoxy) is 2. The highest BCUT2D eigenvalue weighted by atomic mass is 16.6. The first-order valence-corrected chi connectivity index (χ1v) is 15.6. The number of unbranched alkanes of at least 4 members (excludes halogenated alkanes) is 7. The summed E-state index contributed by atoms with van der Waals surface area (Å²) in [6.07, 6.45) is 13.1. The van der Waals surface area contributed by atoms with Crippen LogP contribution >= 0.6 is 0 Å². The summed E-state index contributed by atoms with van der Waals surface area (Å²) >= 11 is 0. The van der Waals surface area contributed by atoms with Crippen LogP contribution in [0.25, 0.3) is 0 Å². The van der Waals surface area contributed by atoms with E-state index in [1.54, 1.807) is 0 Å². The number of carbonyl (C=O) groups excluding carboxylic acids is 2. The molecule has 0 bridgehead atoms. The molecule has 0 spiro atoms. The highest BCUT2D eigenvalue weighted by molar-refractivity contribution is 6.69. The van der Waals surface area contributed by atoms with E-state index in [0.717, 1.165) is 61.6 Å². The normalized spacial score (nSPS) is 15.2. The van der Waals surface area contributed by atoms with Gasteiger partial charge in [-0.05, 0) is 43.7 Å². The first-order chi connectivity index (χ1) is 19.4. The Kier molecular flexibility index (Phi) is 15.0. The van der Waals surface area contributed by atoms with Crippen LogP contribution in [0.15, 0.2) is 28.3 Å². The van der Waals surface area contributed by atoms with Crippen LogP contribution in [0.1, 0.15) is 134 Å². The number of nitrogens with zero attached hydrogens (tertiary/aromatic N) is 2. The molecule has 0 fully saturated rings. The second-order valence-electron chi connectivity index (χ2n) is 11.2. The molecule has 7 nitrogen and oxygen atoms in total. The molecule has 0 amide bonds. The van der Waals surface area contributed by atoms with E-state index in [0.29, 0.717) is 31.7 Å². The van der Waals surface area contributed by atoms with Crippen LogP contribution in [0, 0.1) is 6.92 Å². The van der Waals surface area contributed by atoms with Gasteiger partial charge in [-0.25, -0.2) is 9.59 Å². The Bertz CT molecular complexity index is 995. The van der Waals surface area contributed by atoms with Gasteiger partial charge in [-0.15, -0.1) is 0 Å². The summed E-state index contributed by atoms with van der Waals surface area (Å²) in [5, 5.41) is 13.3. The molecule has 1 heterocycles. The van der Waals surface area contributed by atoms with Crippen LogP contribution in [0.5, 0.6) is 0 Å². The number of esters is 2. The molecular weight excluding hydrogens is 504 g/mol. The minimum Gasteiger partial charge on any atom is -0.463 e. The molecule has 7 heteroatoms. The lowest BCUT2D eigenvalue weighted by Gasteiger charge is -2.39. The minimum absolute atomic E-state index is 0.123. The number of fused-ring (bicyclic) bond motifs is 1. The van der Waals surface area contributed by atoms with Gasteiger partial charge in [0.2, 0.25) is 5.71 Å². The molecule has 40 heavy (non-hydrogen) atoms. The van der Waals surface area contributed by atoms with Crippen LogP contribution in [0.4, 0.5) is 0 Å². The number of benzene rings is 1. The minimum atomic E-state index is -1.05. The van der Waals surface area contributed by atoms with E-state index in [9.17, 15) is 14.8 Å². The zero-order valence-corrected chi connectivity index (χ0v) is 25.6. The van der Waals surface area contributed by atoms with Crippen LogP contribution in [0.3, 0.4) is 0 Å². The van der Waals surface area contributed by atoms with Crippen molar-refractivity contribution >= 4 is 23.4 Å². The molecule has 1 aliphatic heterocycles. The predicted octanol–water partition coefficient (Wildman–Crippen LogP) is 7.86. The van der Waals surface area contributed by atoms with Crippen molar-refractivity contribution in [1.82, 2.24) is 0 Å². The topological polar surface area (TPSA) is 97.6 Å². The summed E-state index contributed by atoms with van der Waals surface area (Å²) < 4.78 is 11.1. The lowest BCUT2D eigenvalue weighted by atomic mass is 9.68. The summed E-state index contributed by atoms with van der Waals surface area (Å²) in [5.74, 6) is -1.42. The van der Waals surface area contributed by atoms with E-state index >= 15 is 0 Å². The number of oxime groups is 1. The average Bonchev–Trinajstić information content (AvgIpc) is 2.93. The van der Waals surface area contributed by atoms with Gasteiger partial charge in [0, 0.05) is 17.5 Å². The monoisotopic (exact) mass is 556 g/mol. The van der Waals surface area contributed by atoms with Crippen molar-refractivity contribution in [3.05, 3.63) is 34.9 Å². The molecule has 0 saturated carbocycles. The first kappa shape index (κ1) is 33.5. The SMILES string of the molecule is CCCCCCCCCCOC(=O)C(CCC)OC(=O)C(=NO)C1=NCC(CCC)(CCC)c2c(C)cccc21. The molecule has 1 atom stereocenters. The van der Waals surface area contributed by atoms with Crippen molar-refractivity contribution in [1.29, 1.82) is 0 Å². The average molecular weight is 557 g/mol. The smallest absolute Gasteiger partial charge is 0.363 e. The number of aliphatic imine (C=N–C) groups is 1. The van der Waals surface area contributed by atoms with Crippen molar-refractivity contribution < 1.29 is 24.3 Å². The van der Waals surface area contributed by atoms with Crippen molar-refractivity contribution in [2.24, 2.45) is 10.1 Å². The fourth-order valence-corrected chi connectivity index (χ4v) is 6.01. The molecule has 1 N–H and O–H groups in total. The van der Waals surface area contributed by atoms with Crippen molar-refractivity contribution in [2.45, 2.75) is 136 Å². The number of rotatable bonds is 19. The molecule has 0 saturated heterocycles. The Hall–Kier alpha value is -2.70. The Labute approximate surface area is 241 Å². The van der Waals surface area contributed by atoms with E-state index in [-0.39, 0.29) is 11.1 Å². The van der Waals surface area contributed by atoms with Gasteiger partial charge in [0.05, 0.1) is 6.61 Å². The maximum atomic E-state index is 13.3. The van der Waals surface area contributed by atoms with Crippen LogP contribution in [-0.2, 0) is 24.5 Å². The number of carbonyl (C=O) groups is 2. The van der Waals surface area contributed by atoms with Gasteiger partial charge in [-0.1, -0.05) is 115 Å². The lowest BCUT2D eigenvalue weighted by molar-refractivity contribution is -0.164. The Morgan fingerprint density at radius 1 is 0.950 bits per heavy atom. The van der Waals surface area contributed by atoms with E-state index in [4.69, 9.17) is 14.5 Å².